The molecule has 0 aliphatic rings. The zero-order valence-electron chi connectivity index (χ0n) is 9.56. The summed E-state index contributed by atoms with van der Waals surface area (Å²) in [5, 5.41) is 10.3. The van der Waals surface area contributed by atoms with Crippen LogP contribution in [-0.2, 0) is 9.53 Å². The second-order valence-corrected chi connectivity index (χ2v) is 3.18. The zero-order chi connectivity index (χ0) is 14.6. The van der Waals surface area contributed by atoms with Crippen LogP contribution in [0.15, 0.2) is 12.1 Å². The highest BCUT2D eigenvalue weighted by Crippen LogP contribution is 2.27. The fraction of sp³-hybridized carbons (Fsp3) is 0.300. The summed E-state index contributed by atoms with van der Waals surface area (Å²) < 4.78 is 48.0. The highest BCUT2D eigenvalue weighted by Gasteiger charge is 2.25. The Kier molecular flexibility index (Phi) is 4.67. The van der Waals surface area contributed by atoms with Crippen LogP contribution in [0, 0.1) is 21.7 Å². The lowest BCUT2D eigenvalue weighted by atomic mass is 10.3. The van der Waals surface area contributed by atoms with Crippen LogP contribution >= 0.6 is 0 Å². The van der Waals surface area contributed by atoms with E-state index in [0.29, 0.717) is 0 Å². The van der Waals surface area contributed by atoms with E-state index in [1.54, 1.807) is 0 Å². The lowest BCUT2D eigenvalue weighted by Gasteiger charge is -2.10. The molecule has 6 nitrogen and oxygen atoms in total. The predicted molar refractivity (Wildman–Crippen MR) is 55.2 cm³/mol. The molecular weight excluding hydrogens is 271 g/mol. The van der Waals surface area contributed by atoms with Crippen LogP contribution in [0.25, 0.3) is 0 Å². The summed E-state index contributed by atoms with van der Waals surface area (Å²) in [5.74, 6) is -5.18. The van der Waals surface area contributed by atoms with Gasteiger partial charge in [0.1, 0.15) is 0 Å². The molecule has 0 saturated heterocycles. The molecule has 0 aromatic heterocycles. The molecule has 0 radical (unpaired) electrons. The maximum absolute atomic E-state index is 13.3. The van der Waals surface area contributed by atoms with Gasteiger partial charge in [0.05, 0.1) is 17.6 Å². The van der Waals surface area contributed by atoms with Crippen LogP contribution in [-0.4, -0.2) is 23.9 Å². The number of carbonyl (C=O) groups excluding carboxylic acids is 1. The molecule has 0 heterocycles. The molecule has 1 unspecified atom stereocenters. The van der Waals surface area contributed by atoms with Gasteiger partial charge in [0, 0.05) is 6.07 Å². The van der Waals surface area contributed by atoms with Crippen LogP contribution in [0.3, 0.4) is 0 Å². The molecule has 0 aliphatic heterocycles. The van der Waals surface area contributed by atoms with Gasteiger partial charge in [-0.15, -0.1) is 0 Å². The van der Waals surface area contributed by atoms with Gasteiger partial charge in [-0.05, 0) is 6.92 Å². The lowest BCUT2D eigenvalue weighted by molar-refractivity contribution is -0.387. The van der Waals surface area contributed by atoms with Crippen LogP contribution in [0.4, 0.5) is 18.9 Å². The first-order valence-electron chi connectivity index (χ1n) is 4.97. The summed E-state index contributed by atoms with van der Waals surface area (Å²) in [6, 6.07) is 0.502. The van der Waals surface area contributed by atoms with Gasteiger partial charge in [0.2, 0.25) is 5.82 Å². The minimum Gasteiger partial charge on any atom is -0.461 e. The highest BCUT2D eigenvalue weighted by atomic mass is 19.1. The van der Waals surface area contributed by atoms with Gasteiger partial charge in [-0.3, -0.25) is 10.1 Å². The van der Waals surface area contributed by atoms with E-state index in [-0.39, 0.29) is 18.7 Å². The van der Waals surface area contributed by atoms with Crippen molar-refractivity contribution in [2.45, 2.75) is 13.3 Å². The topological polar surface area (TPSA) is 78.7 Å². The first-order valence-corrected chi connectivity index (χ1v) is 4.97. The number of rotatable bonds is 5. The molecule has 19 heavy (non-hydrogen) atoms. The molecule has 0 saturated carbocycles. The predicted octanol–water partition coefficient (Wildman–Crippen LogP) is 2.11. The maximum atomic E-state index is 13.3. The van der Waals surface area contributed by atoms with Crippen molar-refractivity contribution in [3.8, 4) is 5.75 Å². The van der Waals surface area contributed by atoms with E-state index in [2.05, 4.69) is 9.47 Å². The van der Waals surface area contributed by atoms with E-state index >= 15 is 0 Å². The molecule has 0 aliphatic carbocycles. The minimum absolute atomic E-state index is 0.125. The monoisotopic (exact) mass is 279 g/mol. The Morgan fingerprint density at radius 1 is 1.42 bits per heavy atom. The van der Waals surface area contributed by atoms with Crippen molar-refractivity contribution in [3.63, 3.8) is 0 Å². The normalized spacial score (nSPS) is 11.8. The standard InChI is InChI=1S/C10H8F3NO5/c1-2-18-10(15)9(13)19-8-4-5(11)7(14(16)17)3-6(8)12/h3-4,9H,2H2,1H3. The molecule has 0 amide bonds. The molecule has 1 rings (SSSR count). The molecule has 0 spiro atoms. The second-order valence-electron chi connectivity index (χ2n) is 3.18. The molecule has 9 heteroatoms. The first kappa shape index (κ1) is 14.7. The summed E-state index contributed by atoms with van der Waals surface area (Å²) in [6.07, 6.45) is -2.66. The molecule has 1 aromatic rings. The van der Waals surface area contributed by atoms with Gasteiger partial charge in [-0.2, -0.15) is 8.78 Å². The van der Waals surface area contributed by atoms with Gasteiger partial charge < -0.3 is 9.47 Å². The van der Waals surface area contributed by atoms with Gasteiger partial charge in [0.15, 0.2) is 11.6 Å². The van der Waals surface area contributed by atoms with Crippen molar-refractivity contribution in [1.82, 2.24) is 0 Å². The van der Waals surface area contributed by atoms with Crippen molar-refractivity contribution < 1.29 is 32.4 Å². The Morgan fingerprint density at radius 3 is 2.58 bits per heavy atom. The summed E-state index contributed by atoms with van der Waals surface area (Å²) in [5.41, 5.74) is -1.13. The number of hydrogen-bond acceptors (Lipinski definition) is 5. The first-order chi connectivity index (χ1) is 8.86. The van der Waals surface area contributed by atoms with E-state index in [9.17, 15) is 28.1 Å². The summed E-state index contributed by atoms with van der Waals surface area (Å²) in [7, 11) is 0. The van der Waals surface area contributed by atoms with Crippen molar-refractivity contribution in [2.24, 2.45) is 0 Å². The SMILES string of the molecule is CCOC(=O)C(F)Oc1cc(F)c([N+](=O)[O-])cc1F. The molecule has 1 atom stereocenters. The van der Waals surface area contributed by atoms with E-state index < -0.39 is 40.3 Å². The van der Waals surface area contributed by atoms with Crippen LogP contribution in [0.1, 0.15) is 6.92 Å². The van der Waals surface area contributed by atoms with Crippen LogP contribution < -0.4 is 4.74 Å². The molecule has 0 fully saturated rings. The Morgan fingerprint density at radius 2 is 2.05 bits per heavy atom. The maximum Gasteiger partial charge on any atom is 0.381 e. The van der Waals surface area contributed by atoms with Gasteiger partial charge >= 0.3 is 18.0 Å². The third-order valence-electron chi connectivity index (χ3n) is 1.90. The Labute approximate surface area is 104 Å². The molecule has 0 bridgehead atoms. The third-order valence-corrected chi connectivity index (χ3v) is 1.90. The average molecular weight is 279 g/mol. The minimum atomic E-state index is -2.66. The van der Waals surface area contributed by atoms with Gasteiger partial charge in [-0.25, -0.2) is 9.18 Å². The number of halogens is 3. The average Bonchev–Trinajstić information content (AvgIpc) is 2.33. The number of carbonyl (C=O) groups is 1. The Balaban J connectivity index is 2.94. The number of nitro groups is 1. The van der Waals surface area contributed by atoms with E-state index in [1.165, 1.54) is 6.92 Å². The summed E-state index contributed by atoms with van der Waals surface area (Å²) in [6.45, 7) is 1.29. The van der Waals surface area contributed by atoms with E-state index in [4.69, 9.17) is 0 Å². The zero-order valence-corrected chi connectivity index (χ0v) is 9.56. The number of esters is 1. The van der Waals surface area contributed by atoms with Crippen molar-refractivity contribution in [1.29, 1.82) is 0 Å². The molecule has 1 aromatic carbocycles. The largest absolute Gasteiger partial charge is 0.461 e. The van der Waals surface area contributed by atoms with E-state index in [0.717, 1.165) is 0 Å². The molecule has 0 N–H and O–H groups in total. The number of ether oxygens (including phenoxy) is 2. The Bertz CT molecular complexity index is 508. The fourth-order valence-electron chi connectivity index (χ4n) is 1.12. The van der Waals surface area contributed by atoms with Gasteiger partial charge in [0.25, 0.3) is 0 Å². The van der Waals surface area contributed by atoms with Crippen LogP contribution in [0.2, 0.25) is 0 Å². The number of benzene rings is 1. The third kappa shape index (κ3) is 3.57. The number of hydrogen-bond donors (Lipinski definition) is 0. The second kappa shape index (κ2) is 6.03. The number of alkyl halides is 1. The van der Waals surface area contributed by atoms with Crippen LogP contribution in [0.5, 0.6) is 5.75 Å². The van der Waals surface area contributed by atoms with E-state index in [1.807, 2.05) is 0 Å². The molecular formula is C10H8F3NO5. The summed E-state index contributed by atoms with van der Waals surface area (Å²) >= 11 is 0. The Hall–Kier alpha value is -2.32. The van der Waals surface area contributed by atoms with Crippen molar-refractivity contribution in [2.75, 3.05) is 6.61 Å². The van der Waals surface area contributed by atoms with Gasteiger partial charge in [-0.1, -0.05) is 0 Å². The fourth-order valence-corrected chi connectivity index (χ4v) is 1.12. The summed E-state index contributed by atoms with van der Waals surface area (Å²) in [4.78, 5) is 20.0. The molecule has 104 valence electrons. The smallest absolute Gasteiger partial charge is 0.381 e. The van der Waals surface area contributed by atoms with Crippen molar-refractivity contribution >= 4 is 11.7 Å². The number of nitro benzene ring substituents is 1. The number of nitrogens with zero attached hydrogens (tertiary/aromatic N) is 1. The lowest BCUT2D eigenvalue weighted by Crippen LogP contribution is -2.25. The highest BCUT2D eigenvalue weighted by molar-refractivity contribution is 5.73. The quantitative estimate of drug-likeness (QED) is 0.468. The van der Waals surface area contributed by atoms with Crippen molar-refractivity contribution in [3.05, 3.63) is 33.9 Å².